The number of carbonyl (C=O) groups excluding carboxylic acids is 3. The van der Waals surface area contributed by atoms with E-state index < -0.39 is 29.2 Å². The average Bonchev–Trinajstić information content (AvgIpc) is 3.08. The molecule has 1 fully saturated rings. The van der Waals surface area contributed by atoms with E-state index in [9.17, 15) is 24.5 Å². The Morgan fingerprint density at radius 3 is 2.68 bits per heavy atom. The van der Waals surface area contributed by atoms with Crippen molar-refractivity contribution in [1.29, 1.82) is 0 Å². The number of halogens is 1. The number of Topliss-reactive ketones (excluding diaryl/α,β-unsaturated/α-hetero) is 1. The second-order valence-electron chi connectivity index (χ2n) is 6.20. The molecule has 8 nitrogen and oxygen atoms in total. The molecule has 1 aliphatic rings. The van der Waals surface area contributed by atoms with Gasteiger partial charge in [0.15, 0.2) is 6.61 Å². The Balaban J connectivity index is 1.60. The maximum Gasteiger partial charge on any atom is 0.311 e. The van der Waals surface area contributed by atoms with E-state index in [2.05, 4.69) is 0 Å². The smallest absolute Gasteiger partial charge is 0.311 e. The summed E-state index contributed by atoms with van der Waals surface area (Å²) in [6.45, 7) is -0.455. The Morgan fingerprint density at radius 2 is 1.96 bits per heavy atom. The number of anilines is 1. The molecule has 0 bridgehead atoms. The number of ether oxygens (including phenoxy) is 1. The van der Waals surface area contributed by atoms with Gasteiger partial charge in [0.2, 0.25) is 11.7 Å². The number of ketones is 1. The molecule has 0 saturated carbocycles. The molecule has 0 unspecified atom stereocenters. The Bertz CT molecular complexity index is 961. The molecular weight excluding hydrogens is 388 g/mol. The molecule has 3 rings (SSSR count). The third-order valence-corrected chi connectivity index (χ3v) is 4.65. The van der Waals surface area contributed by atoms with Gasteiger partial charge in [0.05, 0.1) is 21.6 Å². The summed E-state index contributed by atoms with van der Waals surface area (Å²) >= 11 is 6.10. The topological polar surface area (TPSA) is 107 Å². The summed E-state index contributed by atoms with van der Waals surface area (Å²) < 4.78 is 5.04. The number of esters is 1. The minimum Gasteiger partial charge on any atom is -0.457 e. The van der Waals surface area contributed by atoms with E-state index in [0.29, 0.717) is 10.7 Å². The normalized spacial score (nSPS) is 16.1. The number of hydrogen-bond acceptors (Lipinski definition) is 6. The van der Waals surface area contributed by atoms with Crippen molar-refractivity contribution in [3.05, 3.63) is 69.2 Å². The van der Waals surface area contributed by atoms with Gasteiger partial charge in [0.25, 0.3) is 5.69 Å². The molecule has 28 heavy (non-hydrogen) atoms. The molecule has 0 aliphatic carbocycles. The number of carbonyl (C=O) groups is 3. The zero-order valence-electron chi connectivity index (χ0n) is 14.5. The first-order valence-corrected chi connectivity index (χ1v) is 8.74. The fraction of sp³-hybridized carbons (Fsp3) is 0.211. The molecule has 1 atom stereocenters. The summed E-state index contributed by atoms with van der Waals surface area (Å²) in [5.41, 5.74) is 0.355. The number of nitro benzene ring substituents is 1. The zero-order valence-corrected chi connectivity index (χ0v) is 15.3. The minimum absolute atomic E-state index is 0.0466. The van der Waals surface area contributed by atoms with E-state index in [1.807, 2.05) is 0 Å². The zero-order chi connectivity index (χ0) is 20.3. The van der Waals surface area contributed by atoms with Crippen LogP contribution in [0.15, 0.2) is 48.5 Å². The quantitative estimate of drug-likeness (QED) is 0.318. The molecule has 2 aromatic carbocycles. The summed E-state index contributed by atoms with van der Waals surface area (Å²) in [6.07, 6.45) is -0.0466. The van der Waals surface area contributed by atoms with E-state index in [0.717, 1.165) is 6.07 Å². The highest BCUT2D eigenvalue weighted by molar-refractivity contribution is 6.33. The molecule has 2 aromatic rings. The Morgan fingerprint density at radius 1 is 1.21 bits per heavy atom. The van der Waals surface area contributed by atoms with Crippen molar-refractivity contribution in [3.8, 4) is 0 Å². The van der Waals surface area contributed by atoms with Crippen LogP contribution in [0.25, 0.3) is 0 Å². The van der Waals surface area contributed by atoms with Crippen LogP contribution in [-0.2, 0) is 14.3 Å². The molecular formula is C19H15ClN2O6. The van der Waals surface area contributed by atoms with Gasteiger partial charge in [0, 0.05) is 30.7 Å². The molecule has 0 spiro atoms. The fourth-order valence-electron chi connectivity index (χ4n) is 2.90. The van der Waals surface area contributed by atoms with Gasteiger partial charge in [-0.05, 0) is 12.1 Å². The number of rotatable bonds is 6. The van der Waals surface area contributed by atoms with Crippen molar-refractivity contribution in [2.75, 3.05) is 18.1 Å². The number of hydrogen-bond donors (Lipinski definition) is 0. The van der Waals surface area contributed by atoms with Crippen LogP contribution < -0.4 is 4.90 Å². The maximum absolute atomic E-state index is 12.3. The van der Waals surface area contributed by atoms with E-state index in [1.165, 1.54) is 23.1 Å². The van der Waals surface area contributed by atoms with Crippen LogP contribution >= 0.6 is 11.6 Å². The first-order valence-electron chi connectivity index (χ1n) is 8.36. The average molecular weight is 403 g/mol. The van der Waals surface area contributed by atoms with Crippen molar-refractivity contribution in [3.63, 3.8) is 0 Å². The number of non-ortho nitro benzene ring substituents is 1. The minimum atomic E-state index is -0.721. The molecule has 1 aliphatic heterocycles. The van der Waals surface area contributed by atoms with Gasteiger partial charge in [-0.2, -0.15) is 0 Å². The van der Waals surface area contributed by atoms with Gasteiger partial charge < -0.3 is 9.64 Å². The summed E-state index contributed by atoms with van der Waals surface area (Å²) in [5, 5.41) is 11.2. The number of amides is 1. The summed E-state index contributed by atoms with van der Waals surface area (Å²) in [5.74, 6) is -2.23. The fourth-order valence-corrected chi connectivity index (χ4v) is 3.14. The van der Waals surface area contributed by atoms with Crippen LogP contribution in [-0.4, -0.2) is 35.7 Å². The van der Waals surface area contributed by atoms with Crippen molar-refractivity contribution in [2.45, 2.75) is 6.42 Å². The van der Waals surface area contributed by atoms with Crippen molar-refractivity contribution in [1.82, 2.24) is 0 Å². The van der Waals surface area contributed by atoms with Gasteiger partial charge in [-0.25, -0.2) is 0 Å². The Labute approximate surface area is 164 Å². The maximum atomic E-state index is 12.3. The monoisotopic (exact) mass is 402 g/mol. The third kappa shape index (κ3) is 4.17. The highest BCUT2D eigenvalue weighted by atomic mass is 35.5. The second kappa shape index (κ2) is 8.18. The lowest BCUT2D eigenvalue weighted by Gasteiger charge is -2.17. The summed E-state index contributed by atoms with van der Waals surface area (Å²) in [4.78, 5) is 48.2. The van der Waals surface area contributed by atoms with Crippen molar-refractivity contribution in [2.24, 2.45) is 5.92 Å². The van der Waals surface area contributed by atoms with Gasteiger partial charge >= 0.3 is 5.97 Å². The lowest BCUT2D eigenvalue weighted by atomic mass is 10.1. The highest BCUT2D eigenvalue weighted by Crippen LogP contribution is 2.31. The SMILES string of the molecule is O=C(COC(=O)[C@@H]1CC(=O)N(c2ccccc2Cl)C1)c1cccc([N+](=O)[O-])c1. The largest absolute Gasteiger partial charge is 0.457 e. The number of nitrogens with zero attached hydrogens (tertiary/aromatic N) is 2. The summed E-state index contributed by atoms with van der Waals surface area (Å²) in [6, 6.07) is 12.0. The molecule has 0 aromatic heterocycles. The second-order valence-corrected chi connectivity index (χ2v) is 6.60. The Hall–Kier alpha value is -3.26. The number of nitro groups is 1. The van der Waals surface area contributed by atoms with Crippen LogP contribution in [0.1, 0.15) is 16.8 Å². The summed E-state index contributed by atoms with van der Waals surface area (Å²) in [7, 11) is 0. The van der Waals surface area contributed by atoms with Gasteiger partial charge in [-0.3, -0.25) is 24.5 Å². The molecule has 1 amide bonds. The van der Waals surface area contributed by atoms with Crippen LogP contribution in [0.2, 0.25) is 5.02 Å². The van der Waals surface area contributed by atoms with Gasteiger partial charge in [-0.15, -0.1) is 0 Å². The number of benzene rings is 2. The van der Waals surface area contributed by atoms with Crippen molar-refractivity contribution >= 4 is 40.6 Å². The van der Waals surface area contributed by atoms with Crippen LogP contribution in [0.4, 0.5) is 11.4 Å². The predicted molar refractivity (Wildman–Crippen MR) is 100 cm³/mol. The highest BCUT2D eigenvalue weighted by Gasteiger charge is 2.37. The first kappa shape index (κ1) is 19.5. The molecule has 0 N–H and O–H groups in total. The van der Waals surface area contributed by atoms with Gasteiger partial charge in [-0.1, -0.05) is 35.9 Å². The van der Waals surface area contributed by atoms with E-state index in [-0.39, 0.29) is 30.1 Å². The van der Waals surface area contributed by atoms with Crippen molar-refractivity contribution < 1.29 is 24.0 Å². The van der Waals surface area contributed by atoms with E-state index in [4.69, 9.17) is 16.3 Å². The molecule has 0 radical (unpaired) electrons. The van der Waals surface area contributed by atoms with Crippen LogP contribution in [0, 0.1) is 16.0 Å². The number of para-hydroxylation sites is 1. The predicted octanol–water partition coefficient (Wildman–Crippen LogP) is 3.03. The molecule has 9 heteroatoms. The Kier molecular flexibility index (Phi) is 5.70. The standard InChI is InChI=1S/C19H15ClN2O6/c20-15-6-1-2-7-16(15)21-10-13(9-18(21)24)19(25)28-11-17(23)12-4-3-5-14(8-12)22(26)27/h1-8,13H,9-11H2/t13-/m1/s1. The lowest BCUT2D eigenvalue weighted by Crippen LogP contribution is -2.27. The first-order chi connectivity index (χ1) is 13.4. The molecule has 144 valence electrons. The third-order valence-electron chi connectivity index (χ3n) is 4.33. The molecule has 1 saturated heterocycles. The van der Waals surface area contributed by atoms with Gasteiger partial charge in [0.1, 0.15) is 0 Å². The lowest BCUT2D eigenvalue weighted by molar-refractivity contribution is -0.384. The molecule has 1 heterocycles. The van der Waals surface area contributed by atoms with E-state index in [1.54, 1.807) is 24.3 Å². The van der Waals surface area contributed by atoms with Crippen LogP contribution in [0.5, 0.6) is 0 Å². The van der Waals surface area contributed by atoms with E-state index >= 15 is 0 Å². The van der Waals surface area contributed by atoms with Crippen LogP contribution in [0.3, 0.4) is 0 Å².